The van der Waals surface area contributed by atoms with Crippen LogP contribution in [0.25, 0.3) is 10.7 Å². The number of thiophene rings is 1. The molecule has 1 aliphatic rings. The normalized spacial score (nSPS) is 14.5. The fraction of sp³-hybridized carbons (Fsp3) is 0.222. The first-order valence-corrected chi connectivity index (χ1v) is 8.80. The number of aromatic amines is 1. The van der Waals surface area contributed by atoms with Crippen molar-refractivity contribution < 1.29 is 8.78 Å². The maximum atomic E-state index is 13.4. The SMILES string of the molecule is O=c1[nH]c(-c2cccs2)nc2c1CCN(Cc1ccc(F)c(F)c1)C2. The van der Waals surface area contributed by atoms with E-state index in [1.165, 1.54) is 17.4 Å². The van der Waals surface area contributed by atoms with E-state index in [9.17, 15) is 13.6 Å². The molecule has 0 aliphatic carbocycles. The number of aromatic nitrogens is 2. The van der Waals surface area contributed by atoms with Crippen LogP contribution in [0.1, 0.15) is 16.8 Å². The Bertz CT molecular complexity index is 969. The van der Waals surface area contributed by atoms with E-state index < -0.39 is 11.6 Å². The third-order valence-corrected chi connectivity index (χ3v) is 5.17. The van der Waals surface area contributed by atoms with Gasteiger partial charge in [-0.05, 0) is 35.6 Å². The minimum Gasteiger partial charge on any atom is -0.306 e. The monoisotopic (exact) mass is 359 g/mol. The molecule has 3 aromatic rings. The van der Waals surface area contributed by atoms with Crippen LogP contribution in [-0.2, 0) is 19.5 Å². The standard InChI is InChI=1S/C18H15F2N3OS/c19-13-4-3-11(8-14(13)20)9-23-6-5-12-15(10-23)21-17(22-18(12)24)16-2-1-7-25-16/h1-4,7-8H,5-6,9-10H2,(H,21,22,24). The molecule has 7 heteroatoms. The van der Waals surface area contributed by atoms with Gasteiger partial charge in [0.05, 0.1) is 10.6 Å². The zero-order valence-corrected chi connectivity index (χ0v) is 14.1. The maximum Gasteiger partial charge on any atom is 0.254 e. The average molecular weight is 359 g/mol. The van der Waals surface area contributed by atoms with Crippen LogP contribution in [-0.4, -0.2) is 21.4 Å². The molecule has 0 fully saturated rings. The zero-order chi connectivity index (χ0) is 17.4. The third-order valence-electron chi connectivity index (χ3n) is 4.30. The maximum absolute atomic E-state index is 13.4. The van der Waals surface area contributed by atoms with Crippen LogP contribution in [0.5, 0.6) is 0 Å². The number of H-pyrrole nitrogens is 1. The molecule has 1 N–H and O–H groups in total. The lowest BCUT2D eigenvalue weighted by Crippen LogP contribution is -2.35. The van der Waals surface area contributed by atoms with Crippen molar-refractivity contribution >= 4 is 11.3 Å². The topological polar surface area (TPSA) is 49.0 Å². The molecule has 3 heterocycles. The number of halogens is 2. The molecule has 0 bridgehead atoms. The Kier molecular flexibility index (Phi) is 4.19. The van der Waals surface area contributed by atoms with Crippen LogP contribution in [0.3, 0.4) is 0 Å². The van der Waals surface area contributed by atoms with Gasteiger partial charge in [-0.25, -0.2) is 13.8 Å². The smallest absolute Gasteiger partial charge is 0.254 e. The van der Waals surface area contributed by atoms with Gasteiger partial charge in [0.25, 0.3) is 5.56 Å². The van der Waals surface area contributed by atoms with Gasteiger partial charge in [0.2, 0.25) is 0 Å². The molecule has 0 saturated carbocycles. The summed E-state index contributed by atoms with van der Waals surface area (Å²) in [6.45, 7) is 1.67. The number of benzene rings is 1. The molecule has 4 nitrogen and oxygen atoms in total. The number of hydrogen-bond donors (Lipinski definition) is 1. The van der Waals surface area contributed by atoms with Gasteiger partial charge in [0.15, 0.2) is 17.5 Å². The molecule has 4 rings (SSSR count). The van der Waals surface area contributed by atoms with E-state index in [1.54, 1.807) is 6.07 Å². The van der Waals surface area contributed by atoms with Gasteiger partial charge in [-0.3, -0.25) is 9.69 Å². The van der Waals surface area contributed by atoms with Gasteiger partial charge in [-0.2, -0.15) is 0 Å². The van der Waals surface area contributed by atoms with E-state index in [4.69, 9.17) is 0 Å². The summed E-state index contributed by atoms with van der Waals surface area (Å²) in [6.07, 6.45) is 0.589. The fourth-order valence-corrected chi connectivity index (χ4v) is 3.72. The molecular weight excluding hydrogens is 344 g/mol. The average Bonchev–Trinajstić information content (AvgIpc) is 3.12. The molecule has 2 aromatic heterocycles. The van der Waals surface area contributed by atoms with Crippen LogP contribution in [0.2, 0.25) is 0 Å². The molecule has 0 saturated heterocycles. The fourth-order valence-electron chi connectivity index (χ4n) is 3.05. The van der Waals surface area contributed by atoms with Gasteiger partial charge in [-0.15, -0.1) is 11.3 Å². The van der Waals surface area contributed by atoms with E-state index in [1.807, 2.05) is 17.5 Å². The second kappa shape index (κ2) is 6.50. The van der Waals surface area contributed by atoms with Crippen molar-refractivity contribution in [3.05, 3.63) is 74.5 Å². The van der Waals surface area contributed by atoms with Crippen molar-refractivity contribution in [2.75, 3.05) is 6.54 Å². The highest BCUT2D eigenvalue weighted by Crippen LogP contribution is 2.23. The summed E-state index contributed by atoms with van der Waals surface area (Å²) in [5.74, 6) is -1.11. The Morgan fingerprint density at radius 3 is 2.88 bits per heavy atom. The van der Waals surface area contributed by atoms with E-state index >= 15 is 0 Å². The summed E-state index contributed by atoms with van der Waals surface area (Å²) >= 11 is 1.52. The van der Waals surface area contributed by atoms with E-state index in [-0.39, 0.29) is 5.56 Å². The van der Waals surface area contributed by atoms with Crippen LogP contribution in [0.15, 0.2) is 40.5 Å². The van der Waals surface area contributed by atoms with Crippen molar-refractivity contribution in [3.63, 3.8) is 0 Å². The van der Waals surface area contributed by atoms with Crippen molar-refractivity contribution in [1.82, 2.24) is 14.9 Å². The molecule has 0 amide bonds. The lowest BCUT2D eigenvalue weighted by molar-refractivity contribution is 0.240. The third kappa shape index (κ3) is 3.25. The number of nitrogens with zero attached hydrogens (tertiary/aromatic N) is 2. The van der Waals surface area contributed by atoms with E-state index in [0.29, 0.717) is 43.0 Å². The summed E-state index contributed by atoms with van der Waals surface area (Å²) in [5.41, 5.74) is 2.06. The molecule has 1 aliphatic heterocycles. The molecule has 0 radical (unpaired) electrons. The quantitative estimate of drug-likeness (QED) is 0.780. The second-order valence-electron chi connectivity index (χ2n) is 6.03. The first-order valence-electron chi connectivity index (χ1n) is 7.92. The second-order valence-corrected chi connectivity index (χ2v) is 6.97. The highest BCUT2D eigenvalue weighted by Gasteiger charge is 2.22. The van der Waals surface area contributed by atoms with E-state index in [0.717, 1.165) is 16.6 Å². The highest BCUT2D eigenvalue weighted by molar-refractivity contribution is 7.13. The number of rotatable bonds is 3. The highest BCUT2D eigenvalue weighted by atomic mass is 32.1. The van der Waals surface area contributed by atoms with Gasteiger partial charge < -0.3 is 4.98 Å². The van der Waals surface area contributed by atoms with Gasteiger partial charge in [-0.1, -0.05) is 12.1 Å². The molecule has 128 valence electrons. The first kappa shape index (κ1) is 16.1. The minimum atomic E-state index is -0.846. The van der Waals surface area contributed by atoms with Gasteiger partial charge in [0, 0.05) is 25.2 Å². The number of nitrogens with one attached hydrogen (secondary N) is 1. The number of hydrogen-bond acceptors (Lipinski definition) is 4. The number of fused-ring (bicyclic) bond motifs is 1. The van der Waals surface area contributed by atoms with Crippen LogP contribution >= 0.6 is 11.3 Å². The lowest BCUT2D eigenvalue weighted by atomic mass is 10.1. The first-order chi connectivity index (χ1) is 12.1. The van der Waals surface area contributed by atoms with Crippen molar-refractivity contribution in [3.8, 4) is 10.7 Å². The Morgan fingerprint density at radius 2 is 2.12 bits per heavy atom. The minimum absolute atomic E-state index is 0.0964. The molecule has 0 unspecified atom stereocenters. The summed E-state index contributed by atoms with van der Waals surface area (Å²) < 4.78 is 26.4. The van der Waals surface area contributed by atoms with Crippen molar-refractivity contribution in [2.45, 2.75) is 19.5 Å². The van der Waals surface area contributed by atoms with Crippen LogP contribution in [0, 0.1) is 11.6 Å². The zero-order valence-electron chi connectivity index (χ0n) is 13.3. The van der Waals surface area contributed by atoms with Crippen LogP contribution in [0.4, 0.5) is 8.78 Å². The predicted molar refractivity (Wildman–Crippen MR) is 92.3 cm³/mol. The molecular formula is C18H15F2N3OS. The molecule has 1 aromatic carbocycles. The summed E-state index contributed by atoms with van der Waals surface area (Å²) in [4.78, 5) is 22.8. The molecule has 0 atom stereocenters. The van der Waals surface area contributed by atoms with Gasteiger partial charge in [0.1, 0.15) is 0 Å². The molecule has 0 spiro atoms. The largest absolute Gasteiger partial charge is 0.306 e. The van der Waals surface area contributed by atoms with Gasteiger partial charge >= 0.3 is 0 Å². The Balaban J connectivity index is 1.59. The summed E-state index contributed by atoms with van der Waals surface area (Å²) in [6, 6.07) is 7.76. The summed E-state index contributed by atoms with van der Waals surface area (Å²) in [7, 11) is 0. The summed E-state index contributed by atoms with van der Waals surface area (Å²) in [5, 5.41) is 1.93. The van der Waals surface area contributed by atoms with Crippen molar-refractivity contribution in [2.24, 2.45) is 0 Å². The Hall–Kier alpha value is -2.38. The van der Waals surface area contributed by atoms with Crippen molar-refractivity contribution in [1.29, 1.82) is 0 Å². The predicted octanol–water partition coefficient (Wildman–Crippen LogP) is 3.33. The van der Waals surface area contributed by atoms with E-state index in [2.05, 4.69) is 14.9 Å². The molecule has 25 heavy (non-hydrogen) atoms. The van der Waals surface area contributed by atoms with Crippen LogP contribution < -0.4 is 5.56 Å². The lowest BCUT2D eigenvalue weighted by Gasteiger charge is -2.27. The Morgan fingerprint density at radius 1 is 1.24 bits per heavy atom. The Labute approximate surface area is 146 Å².